The van der Waals surface area contributed by atoms with E-state index in [0.29, 0.717) is 34.8 Å². The highest BCUT2D eigenvalue weighted by Crippen LogP contribution is 2.30. The molecule has 1 fully saturated rings. The van der Waals surface area contributed by atoms with Crippen LogP contribution in [0.15, 0.2) is 55.0 Å². The third-order valence-electron chi connectivity index (χ3n) is 5.70. The summed E-state index contributed by atoms with van der Waals surface area (Å²) in [6.45, 7) is 0.519. The predicted octanol–water partition coefficient (Wildman–Crippen LogP) is 1.94. The molecule has 1 N–H and O–H groups in total. The van der Waals surface area contributed by atoms with Crippen LogP contribution in [0.3, 0.4) is 0 Å². The fourth-order valence-corrected chi connectivity index (χ4v) is 3.93. The molecule has 1 amide bonds. The number of amides is 1. The topological polar surface area (TPSA) is 130 Å². The van der Waals surface area contributed by atoms with Gasteiger partial charge in [-0.1, -0.05) is 11.3 Å². The number of pyridine rings is 1. The number of hydrogen-bond acceptors (Lipinski definition) is 10. The number of halogens is 1. The van der Waals surface area contributed by atoms with E-state index < -0.39 is 30.1 Å². The lowest BCUT2D eigenvalue weighted by Gasteiger charge is -2.14. The highest BCUT2D eigenvalue weighted by Gasteiger charge is 2.33. The number of anilines is 1. The van der Waals surface area contributed by atoms with Crippen LogP contribution in [0.4, 0.5) is 14.9 Å². The maximum Gasteiger partial charge on any atom is 0.414 e. The lowest BCUT2D eigenvalue weighted by atomic mass is 10.1. The molecule has 0 radical (unpaired) electrons. The summed E-state index contributed by atoms with van der Waals surface area (Å²) in [4.78, 5) is 34.9. The zero-order valence-electron chi connectivity index (χ0n) is 19.7. The summed E-state index contributed by atoms with van der Waals surface area (Å²) < 4.78 is 31.8. The Morgan fingerprint density at radius 2 is 2.19 bits per heavy atom. The Bertz CT molecular complexity index is 1300. The van der Waals surface area contributed by atoms with E-state index >= 15 is 4.39 Å². The lowest BCUT2D eigenvalue weighted by molar-refractivity contribution is -0.151. The molecular weight excluding hydrogens is 487 g/mol. The molecule has 2 atom stereocenters. The van der Waals surface area contributed by atoms with Crippen LogP contribution in [0.25, 0.3) is 16.8 Å². The first-order valence-corrected chi connectivity index (χ1v) is 11.4. The van der Waals surface area contributed by atoms with Crippen LogP contribution in [-0.2, 0) is 30.4 Å². The van der Waals surface area contributed by atoms with E-state index in [1.807, 2.05) is 0 Å². The van der Waals surface area contributed by atoms with Gasteiger partial charge in [-0.2, -0.15) is 0 Å². The largest absolute Gasteiger partial charge is 0.461 e. The number of methoxy groups -OCH3 is 1. The van der Waals surface area contributed by atoms with Crippen molar-refractivity contribution in [1.82, 2.24) is 25.5 Å². The van der Waals surface area contributed by atoms with Gasteiger partial charge in [0.15, 0.2) is 0 Å². The number of carbonyl (C=O) groups excluding carboxylic acids is 2. The van der Waals surface area contributed by atoms with E-state index in [-0.39, 0.29) is 19.8 Å². The zero-order chi connectivity index (χ0) is 25.8. The van der Waals surface area contributed by atoms with E-state index in [1.165, 1.54) is 18.1 Å². The molecule has 1 saturated heterocycles. The van der Waals surface area contributed by atoms with E-state index in [9.17, 15) is 9.59 Å². The quantitative estimate of drug-likeness (QED) is 0.426. The van der Waals surface area contributed by atoms with Crippen molar-refractivity contribution < 1.29 is 33.0 Å². The SMILES string of the molecule is COCC(=O)OC[C@@H]1C=C(c2ccc(-c3ccc(N4C[C@H](Cn5ccnn5)OC4=O)cc3F)cn2)NO1. The molecule has 0 unspecified atom stereocenters. The molecule has 12 nitrogen and oxygen atoms in total. The van der Waals surface area contributed by atoms with E-state index in [1.54, 1.807) is 53.6 Å². The smallest absolute Gasteiger partial charge is 0.414 e. The molecule has 4 heterocycles. The average molecular weight is 510 g/mol. The minimum Gasteiger partial charge on any atom is -0.461 e. The number of hydrogen-bond donors (Lipinski definition) is 1. The Labute approximate surface area is 210 Å². The second kappa shape index (κ2) is 10.7. The van der Waals surface area contributed by atoms with Gasteiger partial charge in [0.1, 0.15) is 31.2 Å². The van der Waals surface area contributed by atoms with Gasteiger partial charge in [-0.15, -0.1) is 5.10 Å². The number of ether oxygens (including phenoxy) is 3. The van der Waals surface area contributed by atoms with Crippen LogP contribution >= 0.6 is 0 Å². The summed E-state index contributed by atoms with van der Waals surface area (Å²) in [6.07, 6.45) is 5.05. The Morgan fingerprint density at radius 3 is 2.92 bits per heavy atom. The van der Waals surface area contributed by atoms with Gasteiger partial charge in [-0.3, -0.25) is 20.2 Å². The molecule has 37 heavy (non-hydrogen) atoms. The Morgan fingerprint density at radius 1 is 1.30 bits per heavy atom. The second-order valence-electron chi connectivity index (χ2n) is 8.29. The summed E-state index contributed by atoms with van der Waals surface area (Å²) in [5.41, 5.74) is 5.22. The fourth-order valence-electron chi connectivity index (χ4n) is 3.93. The first kappa shape index (κ1) is 24.3. The number of rotatable bonds is 9. The van der Waals surface area contributed by atoms with Crippen LogP contribution in [-0.4, -0.2) is 71.1 Å². The standard InChI is InChI=1S/C24H23FN6O6/c1-34-14-23(32)35-13-17-9-22(28-37-17)21-5-2-15(10-26-21)19-4-3-16(8-20(19)25)31-12-18(36-24(31)33)11-30-7-6-27-29-30/h2-10,17-18,28H,11-14H2,1H3/t17-,18-/m0/s1. The first-order valence-electron chi connectivity index (χ1n) is 11.4. The van der Waals surface area contributed by atoms with Crippen molar-refractivity contribution >= 4 is 23.4 Å². The first-order chi connectivity index (χ1) is 18.0. The number of cyclic esters (lactones) is 1. The summed E-state index contributed by atoms with van der Waals surface area (Å²) >= 11 is 0. The number of hydroxylamine groups is 1. The molecule has 13 heteroatoms. The molecule has 5 rings (SSSR count). The van der Waals surface area contributed by atoms with Gasteiger partial charge in [0, 0.05) is 30.6 Å². The van der Waals surface area contributed by atoms with Crippen LogP contribution in [0.2, 0.25) is 0 Å². The number of nitrogens with one attached hydrogen (secondary N) is 1. The summed E-state index contributed by atoms with van der Waals surface area (Å²) in [6, 6.07) is 8.01. The average Bonchev–Trinajstić information content (AvgIpc) is 3.65. The molecule has 2 aliphatic heterocycles. The molecule has 192 valence electrons. The highest BCUT2D eigenvalue weighted by atomic mass is 19.1. The van der Waals surface area contributed by atoms with Crippen molar-refractivity contribution in [1.29, 1.82) is 0 Å². The number of esters is 1. The molecule has 0 bridgehead atoms. The van der Waals surface area contributed by atoms with Crippen molar-refractivity contribution in [2.45, 2.75) is 18.8 Å². The minimum absolute atomic E-state index is 0.0279. The summed E-state index contributed by atoms with van der Waals surface area (Å²) in [7, 11) is 1.41. The van der Waals surface area contributed by atoms with Gasteiger partial charge in [0.25, 0.3) is 0 Å². The molecule has 0 spiro atoms. The number of carbonyl (C=O) groups is 2. The maximum absolute atomic E-state index is 15.1. The molecule has 2 aromatic heterocycles. The van der Waals surface area contributed by atoms with E-state index in [2.05, 4.69) is 20.8 Å². The molecule has 0 aliphatic carbocycles. The predicted molar refractivity (Wildman–Crippen MR) is 126 cm³/mol. The van der Waals surface area contributed by atoms with Crippen molar-refractivity contribution in [2.75, 3.05) is 31.8 Å². The Balaban J connectivity index is 1.23. The highest BCUT2D eigenvalue weighted by molar-refractivity contribution is 5.90. The normalized spacial score (nSPS) is 18.9. The maximum atomic E-state index is 15.1. The van der Waals surface area contributed by atoms with Gasteiger partial charge in [0.2, 0.25) is 0 Å². The summed E-state index contributed by atoms with van der Waals surface area (Å²) in [5, 5.41) is 7.60. The lowest BCUT2D eigenvalue weighted by Crippen LogP contribution is -2.26. The number of nitrogens with zero attached hydrogens (tertiary/aromatic N) is 5. The van der Waals surface area contributed by atoms with Crippen LogP contribution in [0.1, 0.15) is 5.69 Å². The van der Waals surface area contributed by atoms with Gasteiger partial charge in [-0.25, -0.2) is 18.7 Å². The van der Waals surface area contributed by atoms with Crippen LogP contribution in [0, 0.1) is 5.82 Å². The third-order valence-corrected chi connectivity index (χ3v) is 5.70. The number of aromatic nitrogens is 4. The zero-order valence-corrected chi connectivity index (χ0v) is 19.7. The fraction of sp³-hybridized carbons (Fsp3) is 0.292. The Hall–Kier alpha value is -4.36. The van der Waals surface area contributed by atoms with E-state index in [4.69, 9.17) is 19.0 Å². The van der Waals surface area contributed by atoms with Crippen LogP contribution in [0.5, 0.6) is 0 Å². The van der Waals surface area contributed by atoms with Gasteiger partial charge in [-0.05, 0) is 30.3 Å². The summed E-state index contributed by atoms with van der Waals surface area (Å²) in [5.74, 6) is -0.990. The van der Waals surface area contributed by atoms with Crippen molar-refractivity contribution in [3.8, 4) is 11.1 Å². The third kappa shape index (κ3) is 5.57. The van der Waals surface area contributed by atoms with Crippen molar-refractivity contribution in [3.05, 3.63) is 66.5 Å². The molecule has 2 aliphatic rings. The van der Waals surface area contributed by atoms with Crippen molar-refractivity contribution in [2.24, 2.45) is 0 Å². The van der Waals surface area contributed by atoms with E-state index in [0.717, 1.165) is 0 Å². The number of benzene rings is 1. The monoisotopic (exact) mass is 510 g/mol. The van der Waals surface area contributed by atoms with Gasteiger partial charge < -0.3 is 14.2 Å². The Kier molecular flexibility index (Phi) is 7.05. The second-order valence-corrected chi connectivity index (χ2v) is 8.29. The van der Waals surface area contributed by atoms with Crippen molar-refractivity contribution in [3.63, 3.8) is 0 Å². The molecule has 0 saturated carbocycles. The van der Waals surface area contributed by atoms with Gasteiger partial charge >= 0.3 is 12.1 Å². The van der Waals surface area contributed by atoms with Gasteiger partial charge in [0.05, 0.1) is 36.4 Å². The van der Waals surface area contributed by atoms with Crippen LogP contribution < -0.4 is 10.4 Å². The molecule has 3 aromatic rings. The minimum atomic E-state index is -0.547. The molecular formula is C24H23FN6O6. The molecule has 1 aromatic carbocycles.